The minimum Gasteiger partial charge on any atom is -0.314 e. The van der Waals surface area contributed by atoms with Gasteiger partial charge in [0.15, 0.2) is 0 Å². The molecule has 1 aliphatic heterocycles. The van der Waals surface area contributed by atoms with Crippen molar-refractivity contribution < 1.29 is 8.42 Å². The first-order valence-electron chi connectivity index (χ1n) is 7.99. The van der Waals surface area contributed by atoms with E-state index < -0.39 is 10.2 Å². The van der Waals surface area contributed by atoms with Crippen LogP contribution in [0.1, 0.15) is 46.0 Å². The molecule has 2 rings (SSSR count). The fourth-order valence-electron chi connectivity index (χ4n) is 2.52. The summed E-state index contributed by atoms with van der Waals surface area (Å²) >= 11 is 0. The molecule has 0 bridgehead atoms. The zero-order chi connectivity index (χ0) is 14.6. The molecule has 1 heterocycles. The highest BCUT2D eigenvalue weighted by atomic mass is 32.2. The predicted octanol–water partition coefficient (Wildman–Crippen LogP) is 1.33. The van der Waals surface area contributed by atoms with Crippen LogP contribution in [0.25, 0.3) is 0 Å². The lowest BCUT2D eigenvalue weighted by Crippen LogP contribution is -2.48. The van der Waals surface area contributed by atoms with Crippen molar-refractivity contribution >= 4 is 10.2 Å². The first-order valence-corrected chi connectivity index (χ1v) is 9.43. The van der Waals surface area contributed by atoms with E-state index in [-0.39, 0.29) is 0 Å². The molecule has 5 nitrogen and oxygen atoms in total. The minimum atomic E-state index is -3.29. The fourth-order valence-corrected chi connectivity index (χ4v) is 3.97. The molecule has 0 aromatic carbocycles. The molecule has 2 N–H and O–H groups in total. The van der Waals surface area contributed by atoms with Gasteiger partial charge in [0.2, 0.25) is 0 Å². The summed E-state index contributed by atoms with van der Waals surface area (Å²) in [7, 11) is -3.29. The third-order valence-electron chi connectivity index (χ3n) is 4.41. The zero-order valence-electron chi connectivity index (χ0n) is 12.8. The molecule has 2 atom stereocenters. The summed E-state index contributed by atoms with van der Waals surface area (Å²) in [5, 5.41) is 3.52. The second-order valence-corrected chi connectivity index (χ2v) is 8.17. The maximum atomic E-state index is 12.3. The van der Waals surface area contributed by atoms with Crippen molar-refractivity contribution in [3.63, 3.8) is 0 Å². The van der Waals surface area contributed by atoms with Crippen LogP contribution in [0.2, 0.25) is 0 Å². The summed E-state index contributed by atoms with van der Waals surface area (Å²) in [5.41, 5.74) is 0. The van der Waals surface area contributed by atoms with Crippen molar-refractivity contribution in [1.29, 1.82) is 0 Å². The van der Waals surface area contributed by atoms with E-state index in [1.165, 1.54) is 12.8 Å². The van der Waals surface area contributed by atoms with Crippen LogP contribution in [-0.4, -0.2) is 44.9 Å². The van der Waals surface area contributed by atoms with Gasteiger partial charge < -0.3 is 5.32 Å². The maximum absolute atomic E-state index is 12.3. The van der Waals surface area contributed by atoms with Crippen molar-refractivity contribution in [2.45, 2.75) is 52.0 Å². The van der Waals surface area contributed by atoms with Crippen LogP contribution in [-0.2, 0) is 10.2 Å². The molecule has 0 spiro atoms. The van der Waals surface area contributed by atoms with Crippen molar-refractivity contribution in [3.8, 4) is 0 Å². The molecule has 1 saturated carbocycles. The van der Waals surface area contributed by atoms with Crippen LogP contribution in [0.15, 0.2) is 0 Å². The van der Waals surface area contributed by atoms with Crippen LogP contribution in [0, 0.1) is 11.8 Å². The lowest BCUT2D eigenvalue weighted by Gasteiger charge is -2.32. The van der Waals surface area contributed by atoms with Crippen LogP contribution >= 0.6 is 0 Å². The van der Waals surface area contributed by atoms with Gasteiger partial charge in [-0.2, -0.15) is 12.7 Å². The third kappa shape index (κ3) is 4.98. The molecule has 0 aromatic heterocycles. The number of nitrogens with zero attached hydrogens (tertiary/aromatic N) is 1. The lowest BCUT2D eigenvalue weighted by molar-refractivity contribution is 0.256. The Balaban J connectivity index is 1.79. The van der Waals surface area contributed by atoms with Crippen molar-refractivity contribution in [2.24, 2.45) is 11.8 Å². The Labute approximate surface area is 123 Å². The van der Waals surface area contributed by atoms with Gasteiger partial charge in [-0.25, -0.2) is 4.72 Å². The Kier molecular flexibility index (Phi) is 5.84. The normalized spacial score (nSPS) is 26.6. The number of nitrogens with one attached hydrogen (secondary N) is 2. The van der Waals surface area contributed by atoms with E-state index >= 15 is 0 Å². The topological polar surface area (TPSA) is 61.4 Å². The van der Waals surface area contributed by atoms with Gasteiger partial charge in [0, 0.05) is 25.7 Å². The van der Waals surface area contributed by atoms with E-state index in [4.69, 9.17) is 0 Å². The van der Waals surface area contributed by atoms with E-state index in [0.717, 1.165) is 25.8 Å². The van der Waals surface area contributed by atoms with E-state index in [9.17, 15) is 8.42 Å². The molecule has 0 aromatic rings. The van der Waals surface area contributed by atoms with Gasteiger partial charge in [-0.15, -0.1) is 0 Å². The van der Waals surface area contributed by atoms with Crippen molar-refractivity contribution in [1.82, 2.24) is 14.3 Å². The number of hydrogen-bond donors (Lipinski definition) is 2. The highest BCUT2D eigenvalue weighted by Crippen LogP contribution is 2.22. The Hall–Kier alpha value is -0.170. The molecule has 0 amide bonds. The third-order valence-corrected chi connectivity index (χ3v) is 5.95. The second kappa shape index (κ2) is 7.20. The summed E-state index contributed by atoms with van der Waals surface area (Å²) in [6.07, 6.45) is 5.67. The fraction of sp³-hybridized carbons (Fsp3) is 1.00. The lowest BCUT2D eigenvalue weighted by atomic mass is 10.00. The Morgan fingerprint density at radius 2 is 2.05 bits per heavy atom. The van der Waals surface area contributed by atoms with Crippen LogP contribution in [0.5, 0.6) is 0 Å². The minimum absolute atomic E-state index is 0.391. The molecule has 2 fully saturated rings. The van der Waals surface area contributed by atoms with E-state index in [2.05, 4.69) is 23.9 Å². The quantitative estimate of drug-likeness (QED) is 0.711. The molecule has 6 heteroatoms. The molecule has 20 heavy (non-hydrogen) atoms. The molecule has 118 valence electrons. The summed E-state index contributed by atoms with van der Waals surface area (Å²) in [6.45, 7) is 6.98. The maximum Gasteiger partial charge on any atom is 0.279 e. The van der Waals surface area contributed by atoms with Gasteiger partial charge in [-0.1, -0.05) is 20.3 Å². The molecular formula is C14H29N3O2S. The number of hydrogen-bond acceptors (Lipinski definition) is 3. The molecule has 1 saturated heterocycles. The van der Waals surface area contributed by atoms with Gasteiger partial charge in [-0.3, -0.25) is 0 Å². The van der Waals surface area contributed by atoms with Crippen molar-refractivity contribution in [2.75, 3.05) is 26.2 Å². The average Bonchev–Trinajstić information content (AvgIpc) is 3.27. The predicted molar refractivity (Wildman–Crippen MR) is 81.7 cm³/mol. The van der Waals surface area contributed by atoms with Gasteiger partial charge in [-0.05, 0) is 44.1 Å². The molecular weight excluding hydrogens is 274 g/mol. The largest absolute Gasteiger partial charge is 0.314 e. The molecule has 1 aliphatic carbocycles. The van der Waals surface area contributed by atoms with Crippen LogP contribution < -0.4 is 10.0 Å². The van der Waals surface area contributed by atoms with Crippen LogP contribution in [0.4, 0.5) is 0 Å². The van der Waals surface area contributed by atoms with E-state index in [1.54, 1.807) is 4.31 Å². The summed E-state index contributed by atoms with van der Waals surface area (Å²) in [6, 6.07) is 0.700. The van der Waals surface area contributed by atoms with Gasteiger partial charge in [0.05, 0.1) is 0 Å². The first-order chi connectivity index (χ1) is 9.51. The summed E-state index contributed by atoms with van der Waals surface area (Å²) < 4.78 is 29.0. The monoisotopic (exact) mass is 303 g/mol. The number of rotatable bonds is 8. The molecule has 0 radical (unpaired) electrons. The zero-order valence-corrected chi connectivity index (χ0v) is 13.6. The molecule has 2 unspecified atom stereocenters. The highest BCUT2D eigenvalue weighted by Gasteiger charge is 2.30. The first kappa shape index (κ1) is 16.2. The van der Waals surface area contributed by atoms with Gasteiger partial charge >= 0.3 is 0 Å². The average molecular weight is 303 g/mol. The van der Waals surface area contributed by atoms with Crippen molar-refractivity contribution in [3.05, 3.63) is 0 Å². The Bertz CT molecular complexity index is 395. The Morgan fingerprint density at radius 3 is 2.70 bits per heavy atom. The highest BCUT2D eigenvalue weighted by molar-refractivity contribution is 7.87. The summed E-state index contributed by atoms with van der Waals surface area (Å²) in [5.74, 6) is 0.853. The van der Waals surface area contributed by atoms with E-state index in [1.807, 2.05) is 0 Å². The van der Waals surface area contributed by atoms with E-state index in [0.29, 0.717) is 37.5 Å². The van der Waals surface area contributed by atoms with Gasteiger partial charge in [0.1, 0.15) is 0 Å². The summed E-state index contributed by atoms with van der Waals surface area (Å²) in [4.78, 5) is 0. The smallest absolute Gasteiger partial charge is 0.279 e. The Morgan fingerprint density at radius 1 is 1.30 bits per heavy atom. The standard InChI is InChI=1S/C14H29N3O2S/c1-3-12(2)9-16-20(18,19)17-8-4-5-13(11-17)10-15-14-6-7-14/h12-16H,3-11H2,1-2H3. The SMILES string of the molecule is CCC(C)CNS(=O)(=O)N1CCCC(CNC2CC2)C1. The second-order valence-electron chi connectivity index (χ2n) is 6.42. The molecule has 2 aliphatic rings. The number of piperidine rings is 1. The van der Waals surface area contributed by atoms with Crippen LogP contribution in [0.3, 0.4) is 0 Å². The van der Waals surface area contributed by atoms with Gasteiger partial charge in [0.25, 0.3) is 10.2 Å².